The van der Waals surface area contributed by atoms with Crippen molar-refractivity contribution in [2.45, 2.75) is 6.92 Å². The van der Waals surface area contributed by atoms with E-state index in [4.69, 9.17) is 5.73 Å². The van der Waals surface area contributed by atoms with Crippen LogP contribution in [0.1, 0.15) is 16.1 Å². The molecule has 0 saturated heterocycles. The predicted octanol–water partition coefficient (Wildman–Crippen LogP) is 2.27. The van der Waals surface area contributed by atoms with Gasteiger partial charge in [-0.25, -0.2) is 4.39 Å². The van der Waals surface area contributed by atoms with Crippen molar-refractivity contribution < 1.29 is 14.1 Å². The number of benzene rings is 1. The van der Waals surface area contributed by atoms with Gasteiger partial charge in [-0.1, -0.05) is 0 Å². The number of hydrogen-bond acceptors (Lipinski definition) is 5. The lowest BCUT2D eigenvalue weighted by Gasteiger charge is -2.08. The molecule has 2 rings (SSSR count). The monoisotopic (exact) mass is 290 g/mol. The Morgan fingerprint density at radius 3 is 2.71 bits per heavy atom. The fourth-order valence-electron chi connectivity index (χ4n) is 1.68. The molecule has 0 aliphatic carbocycles. The fourth-order valence-corrected chi connectivity index (χ4v) is 1.68. The number of nitrogens with one attached hydrogen (secondary N) is 1. The van der Waals surface area contributed by atoms with E-state index in [1.54, 1.807) is 6.92 Å². The number of nitro benzene ring substituents is 1. The quantitative estimate of drug-likeness (QED) is 0.665. The number of nitrogen functional groups attached to an aromatic ring is 1. The summed E-state index contributed by atoms with van der Waals surface area (Å²) in [6.45, 7) is 1.72. The number of anilines is 2. The summed E-state index contributed by atoms with van der Waals surface area (Å²) >= 11 is 0. The summed E-state index contributed by atoms with van der Waals surface area (Å²) in [6.07, 6.45) is 1.28. The van der Waals surface area contributed by atoms with Gasteiger partial charge < -0.3 is 11.1 Å². The smallest absolute Gasteiger partial charge is 0.272 e. The summed E-state index contributed by atoms with van der Waals surface area (Å²) in [5, 5.41) is 12.8. The summed E-state index contributed by atoms with van der Waals surface area (Å²) in [7, 11) is 0. The van der Waals surface area contributed by atoms with Crippen molar-refractivity contribution in [1.29, 1.82) is 0 Å². The topological polar surface area (TPSA) is 111 Å². The average molecular weight is 290 g/mol. The van der Waals surface area contributed by atoms with Gasteiger partial charge in [-0.2, -0.15) is 0 Å². The molecular formula is C13H11FN4O3. The van der Waals surface area contributed by atoms with Crippen LogP contribution in [0.4, 0.5) is 21.5 Å². The van der Waals surface area contributed by atoms with Crippen molar-refractivity contribution in [1.82, 2.24) is 4.98 Å². The second kappa shape index (κ2) is 5.53. The third-order valence-corrected chi connectivity index (χ3v) is 2.73. The normalized spacial score (nSPS) is 10.2. The molecule has 7 nitrogen and oxygen atoms in total. The molecule has 0 spiro atoms. The predicted molar refractivity (Wildman–Crippen MR) is 74.4 cm³/mol. The number of nitro groups is 1. The van der Waals surface area contributed by atoms with Crippen LogP contribution in [0.15, 0.2) is 30.5 Å². The van der Waals surface area contributed by atoms with Gasteiger partial charge in [0, 0.05) is 23.6 Å². The Morgan fingerprint density at radius 1 is 1.43 bits per heavy atom. The van der Waals surface area contributed by atoms with E-state index in [0.29, 0.717) is 5.69 Å². The second-order valence-corrected chi connectivity index (χ2v) is 4.29. The van der Waals surface area contributed by atoms with Crippen LogP contribution < -0.4 is 11.1 Å². The zero-order valence-corrected chi connectivity index (χ0v) is 11.0. The number of aromatic nitrogens is 1. The first-order valence-corrected chi connectivity index (χ1v) is 5.86. The molecule has 1 amide bonds. The zero-order valence-electron chi connectivity index (χ0n) is 11.0. The molecule has 108 valence electrons. The second-order valence-electron chi connectivity index (χ2n) is 4.29. The molecule has 0 unspecified atom stereocenters. The Balaban J connectivity index is 2.25. The number of halogens is 1. The number of nitrogens with two attached hydrogens (primary N) is 1. The molecule has 0 bridgehead atoms. The SMILES string of the molecule is Cc1cc(N)c(C(=O)Nc2ccc([N+](=O)[O-])cc2F)cn1. The van der Waals surface area contributed by atoms with Crippen molar-refractivity contribution >= 4 is 23.0 Å². The highest BCUT2D eigenvalue weighted by Crippen LogP contribution is 2.22. The number of pyridine rings is 1. The van der Waals surface area contributed by atoms with Crippen LogP contribution in [-0.4, -0.2) is 15.8 Å². The molecule has 2 aromatic rings. The van der Waals surface area contributed by atoms with Crippen molar-refractivity contribution in [3.8, 4) is 0 Å². The van der Waals surface area contributed by atoms with Crippen LogP contribution >= 0.6 is 0 Å². The van der Waals surface area contributed by atoms with Gasteiger partial charge in [0.25, 0.3) is 11.6 Å². The van der Waals surface area contributed by atoms with Gasteiger partial charge in [0.15, 0.2) is 5.82 Å². The molecule has 0 aliphatic rings. The summed E-state index contributed by atoms with van der Waals surface area (Å²) in [5.74, 6) is -1.55. The van der Waals surface area contributed by atoms with Gasteiger partial charge in [-0.05, 0) is 19.1 Å². The maximum absolute atomic E-state index is 13.7. The summed E-state index contributed by atoms with van der Waals surface area (Å²) in [5.41, 5.74) is 6.07. The van der Waals surface area contributed by atoms with Crippen LogP contribution in [0.3, 0.4) is 0 Å². The van der Waals surface area contributed by atoms with Crippen LogP contribution in [0.5, 0.6) is 0 Å². The van der Waals surface area contributed by atoms with Crippen molar-refractivity contribution in [3.05, 3.63) is 57.7 Å². The van der Waals surface area contributed by atoms with Crippen molar-refractivity contribution in [2.24, 2.45) is 0 Å². The number of rotatable bonds is 3. The first-order valence-electron chi connectivity index (χ1n) is 5.86. The van der Waals surface area contributed by atoms with E-state index in [-0.39, 0.29) is 16.9 Å². The maximum Gasteiger partial charge on any atom is 0.272 e. The molecular weight excluding hydrogens is 279 g/mol. The molecule has 0 fully saturated rings. The van der Waals surface area contributed by atoms with E-state index in [0.717, 1.165) is 18.2 Å². The van der Waals surface area contributed by atoms with Crippen LogP contribution in [0, 0.1) is 22.9 Å². The van der Waals surface area contributed by atoms with Gasteiger partial charge >= 0.3 is 0 Å². The number of carbonyl (C=O) groups excluding carboxylic acids is 1. The summed E-state index contributed by atoms with van der Waals surface area (Å²) < 4.78 is 13.7. The molecule has 0 atom stereocenters. The zero-order chi connectivity index (χ0) is 15.6. The number of non-ortho nitro benzene ring substituents is 1. The Morgan fingerprint density at radius 2 is 2.14 bits per heavy atom. The van der Waals surface area contributed by atoms with Crippen LogP contribution in [-0.2, 0) is 0 Å². The number of hydrogen-bond donors (Lipinski definition) is 2. The molecule has 0 saturated carbocycles. The standard InChI is InChI=1S/C13H11FN4O3/c1-7-4-11(15)9(6-16-7)13(19)17-12-3-2-8(18(20)21)5-10(12)14/h2-6H,1H3,(H2,15,16)(H,17,19). The van der Waals surface area contributed by atoms with Crippen LogP contribution in [0.25, 0.3) is 0 Å². The summed E-state index contributed by atoms with van der Waals surface area (Å²) in [4.78, 5) is 25.7. The van der Waals surface area contributed by atoms with Gasteiger partial charge in [0.05, 0.1) is 22.2 Å². The van der Waals surface area contributed by atoms with E-state index in [9.17, 15) is 19.3 Å². The Labute approximate surface area is 118 Å². The lowest BCUT2D eigenvalue weighted by atomic mass is 10.2. The Kier molecular flexibility index (Phi) is 3.79. The number of aryl methyl sites for hydroxylation is 1. The highest BCUT2D eigenvalue weighted by atomic mass is 19.1. The van der Waals surface area contributed by atoms with E-state index in [1.165, 1.54) is 12.3 Å². The van der Waals surface area contributed by atoms with E-state index in [1.807, 2.05) is 0 Å². The molecule has 3 N–H and O–H groups in total. The number of nitrogens with zero attached hydrogens (tertiary/aromatic N) is 2. The largest absolute Gasteiger partial charge is 0.398 e. The van der Waals surface area contributed by atoms with Gasteiger partial charge in [0.2, 0.25) is 0 Å². The fraction of sp³-hybridized carbons (Fsp3) is 0.0769. The Hall–Kier alpha value is -3.03. The van der Waals surface area contributed by atoms with Crippen molar-refractivity contribution in [3.63, 3.8) is 0 Å². The van der Waals surface area contributed by atoms with E-state index >= 15 is 0 Å². The Bertz CT molecular complexity index is 733. The molecule has 1 aromatic heterocycles. The van der Waals surface area contributed by atoms with E-state index < -0.39 is 22.3 Å². The van der Waals surface area contributed by atoms with Gasteiger partial charge in [-0.15, -0.1) is 0 Å². The minimum Gasteiger partial charge on any atom is -0.398 e. The third kappa shape index (κ3) is 3.11. The molecule has 1 heterocycles. The lowest BCUT2D eigenvalue weighted by Crippen LogP contribution is -2.15. The highest BCUT2D eigenvalue weighted by molar-refractivity contribution is 6.07. The minimum atomic E-state index is -0.906. The molecule has 1 aromatic carbocycles. The minimum absolute atomic E-state index is 0.0957. The van der Waals surface area contributed by atoms with Crippen LogP contribution in [0.2, 0.25) is 0 Å². The average Bonchev–Trinajstić information content (AvgIpc) is 2.40. The van der Waals surface area contributed by atoms with Crippen molar-refractivity contribution in [2.75, 3.05) is 11.1 Å². The number of amides is 1. The molecule has 21 heavy (non-hydrogen) atoms. The molecule has 0 radical (unpaired) electrons. The maximum atomic E-state index is 13.7. The van der Waals surface area contributed by atoms with Gasteiger partial charge in [0.1, 0.15) is 0 Å². The first kappa shape index (κ1) is 14.4. The first-order chi connectivity index (χ1) is 9.88. The highest BCUT2D eigenvalue weighted by Gasteiger charge is 2.15. The van der Waals surface area contributed by atoms with Gasteiger partial charge in [-0.3, -0.25) is 19.9 Å². The lowest BCUT2D eigenvalue weighted by molar-refractivity contribution is -0.385. The third-order valence-electron chi connectivity index (χ3n) is 2.73. The molecule has 8 heteroatoms. The summed E-state index contributed by atoms with van der Waals surface area (Å²) in [6, 6.07) is 4.45. The molecule has 0 aliphatic heterocycles. The number of carbonyl (C=O) groups is 1. The van der Waals surface area contributed by atoms with E-state index in [2.05, 4.69) is 10.3 Å².